The average molecular weight is 412 g/mol. The van der Waals surface area contributed by atoms with E-state index in [-0.39, 0.29) is 17.1 Å². The molecule has 0 bridgehead atoms. The second-order valence-electron chi connectivity index (χ2n) is 5.68. The van der Waals surface area contributed by atoms with Crippen LogP contribution in [0.15, 0.2) is 69.7 Å². The number of carbonyl (C=O) groups excluding carboxylic acids is 2. The summed E-state index contributed by atoms with van der Waals surface area (Å²) in [5, 5.41) is 0.682. The molecular weight excluding hydrogens is 401 g/mol. The third kappa shape index (κ3) is 2.68. The van der Waals surface area contributed by atoms with Gasteiger partial charge in [-0.15, -0.1) is 0 Å². The Morgan fingerprint density at radius 3 is 2.69 bits per heavy atom. The first kappa shape index (κ1) is 16.5. The summed E-state index contributed by atoms with van der Waals surface area (Å²) in [6.45, 7) is 0. The lowest BCUT2D eigenvalue weighted by Crippen LogP contribution is -2.09. The zero-order valence-electron chi connectivity index (χ0n) is 13.3. The number of hydrogen-bond acceptors (Lipinski definition) is 3. The molecule has 0 aliphatic rings. The lowest BCUT2D eigenvalue weighted by atomic mass is 10.1. The summed E-state index contributed by atoms with van der Waals surface area (Å²) >= 11 is 3.20. The van der Waals surface area contributed by atoms with Crippen molar-refractivity contribution >= 4 is 39.0 Å². The van der Waals surface area contributed by atoms with Gasteiger partial charge in [-0.3, -0.25) is 14.2 Å². The molecule has 2 heterocycles. The van der Waals surface area contributed by atoms with Crippen molar-refractivity contribution < 1.29 is 18.4 Å². The summed E-state index contributed by atoms with van der Waals surface area (Å²) in [5.41, 5.74) is 1.28. The van der Waals surface area contributed by atoms with Crippen molar-refractivity contribution in [1.29, 1.82) is 0 Å². The summed E-state index contributed by atoms with van der Waals surface area (Å²) in [6.07, 6.45) is 2.18. The highest BCUT2D eigenvalue weighted by Gasteiger charge is 2.19. The van der Waals surface area contributed by atoms with E-state index in [0.29, 0.717) is 27.2 Å². The Balaban J connectivity index is 1.77. The molecule has 2 aromatic heterocycles. The minimum absolute atomic E-state index is 0.0560. The molecule has 0 spiro atoms. The van der Waals surface area contributed by atoms with E-state index < -0.39 is 11.7 Å². The Hall–Kier alpha value is -2.99. The van der Waals surface area contributed by atoms with E-state index in [1.165, 1.54) is 22.9 Å². The minimum atomic E-state index is -0.456. The standard InChI is InChI=1S/C20H11BrFNO3/c21-13-5-6-15(16(22)9-13)18-7-8-19(26-18)20(25)23-10-12(11-24)14-3-1-2-4-17(14)23/h1-11H. The number of rotatable bonds is 3. The van der Waals surface area contributed by atoms with Gasteiger partial charge in [-0.1, -0.05) is 34.1 Å². The number of aldehydes is 1. The molecule has 0 saturated carbocycles. The average Bonchev–Trinajstić information content (AvgIpc) is 3.26. The monoisotopic (exact) mass is 411 g/mol. The fraction of sp³-hybridized carbons (Fsp3) is 0. The summed E-state index contributed by atoms with van der Waals surface area (Å²) in [5.74, 6) is -0.577. The van der Waals surface area contributed by atoms with Crippen molar-refractivity contribution in [3.8, 4) is 11.3 Å². The number of furan rings is 1. The fourth-order valence-corrected chi connectivity index (χ4v) is 3.21. The number of aromatic nitrogens is 1. The molecule has 26 heavy (non-hydrogen) atoms. The maximum absolute atomic E-state index is 14.1. The van der Waals surface area contributed by atoms with E-state index >= 15 is 0 Å². The van der Waals surface area contributed by atoms with Crippen LogP contribution in [0, 0.1) is 5.82 Å². The first-order valence-corrected chi connectivity index (χ1v) is 8.53. The predicted octanol–water partition coefficient (Wildman–Crippen LogP) is 5.30. The Kier molecular flexibility index (Phi) is 4.05. The highest BCUT2D eigenvalue weighted by atomic mass is 79.9. The number of fused-ring (bicyclic) bond motifs is 1. The molecule has 2 aromatic carbocycles. The number of carbonyl (C=O) groups is 2. The van der Waals surface area contributed by atoms with Crippen LogP contribution in [0.3, 0.4) is 0 Å². The molecule has 6 heteroatoms. The van der Waals surface area contributed by atoms with Gasteiger partial charge in [-0.05, 0) is 36.4 Å². The molecule has 0 radical (unpaired) electrons. The van der Waals surface area contributed by atoms with Crippen molar-refractivity contribution in [3.05, 3.63) is 82.4 Å². The lowest BCUT2D eigenvalue weighted by molar-refractivity contribution is 0.0938. The normalized spacial score (nSPS) is 11.0. The van der Waals surface area contributed by atoms with Crippen LogP contribution in [0.2, 0.25) is 0 Å². The number of halogens is 2. The van der Waals surface area contributed by atoms with Crippen LogP contribution in [0.5, 0.6) is 0 Å². The smallest absolute Gasteiger partial charge is 0.298 e. The fourth-order valence-electron chi connectivity index (χ4n) is 2.87. The molecule has 0 aliphatic heterocycles. The predicted molar refractivity (Wildman–Crippen MR) is 98.9 cm³/mol. The van der Waals surface area contributed by atoms with Crippen molar-refractivity contribution in [2.45, 2.75) is 0 Å². The van der Waals surface area contributed by atoms with E-state index in [2.05, 4.69) is 15.9 Å². The molecule has 4 aromatic rings. The summed E-state index contributed by atoms with van der Waals surface area (Å²) in [6, 6.07) is 14.7. The maximum Gasteiger partial charge on any atom is 0.298 e. The first-order valence-electron chi connectivity index (χ1n) is 7.73. The Morgan fingerprint density at radius 1 is 1.12 bits per heavy atom. The van der Waals surface area contributed by atoms with E-state index in [0.717, 1.165) is 0 Å². The van der Waals surface area contributed by atoms with Gasteiger partial charge in [-0.25, -0.2) is 4.39 Å². The quantitative estimate of drug-likeness (QED) is 0.429. The maximum atomic E-state index is 14.1. The van der Waals surface area contributed by atoms with E-state index in [4.69, 9.17) is 4.42 Å². The van der Waals surface area contributed by atoms with Gasteiger partial charge >= 0.3 is 0 Å². The van der Waals surface area contributed by atoms with Crippen molar-refractivity contribution in [1.82, 2.24) is 4.57 Å². The highest BCUT2D eigenvalue weighted by Crippen LogP contribution is 2.28. The minimum Gasteiger partial charge on any atom is -0.451 e. The molecular formula is C20H11BrFNO3. The van der Waals surface area contributed by atoms with Gasteiger partial charge < -0.3 is 4.42 Å². The largest absolute Gasteiger partial charge is 0.451 e. The highest BCUT2D eigenvalue weighted by molar-refractivity contribution is 9.10. The van der Waals surface area contributed by atoms with Crippen LogP contribution in [-0.4, -0.2) is 16.8 Å². The number of hydrogen-bond donors (Lipinski definition) is 0. The molecule has 4 rings (SSSR count). The molecule has 4 nitrogen and oxygen atoms in total. The van der Waals surface area contributed by atoms with Crippen molar-refractivity contribution in [2.24, 2.45) is 0 Å². The summed E-state index contributed by atoms with van der Waals surface area (Å²) < 4.78 is 21.7. The lowest BCUT2D eigenvalue weighted by Gasteiger charge is -2.02. The van der Waals surface area contributed by atoms with Crippen LogP contribution in [-0.2, 0) is 0 Å². The van der Waals surface area contributed by atoms with E-state index in [9.17, 15) is 14.0 Å². The number of benzene rings is 2. The number of nitrogens with zero attached hydrogens (tertiary/aromatic N) is 1. The van der Waals surface area contributed by atoms with Crippen molar-refractivity contribution in [3.63, 3.8) is 0 Å². The van der Waals surface area contributed by atoms with Gasteiger partial charge in [0.1, 0.15) is 11.6 Å². The molecule has 0 atom stereocenters. The first-order chi connectivity index (χ1) is 12.6. The van der Waals surface area contributed by atoms with Crippen LogP contribution in [0.25, 0.3) is 22.2 Å². The molecule has 0 unspecified atom stereocenters. The number of para-hydroxylation sites is 1. The second kappa shape index (κ2) is 6.38. The SMILES string of the molecule is O=Cc1cn(C(=O)c2ccc(-c3ccc(Br)cc3F)o2)c2ccccc12. The van der Waals surface area contributed by atoms with Gasteiger partial charge in [-0.2, -0.15) is 0 Å². The van der Waals surface area contributed by atoms with Crippen LogP contribution < -0.4 is 0 Å². The molecule has 0 aliphatic carbocycles. The van der Waals surface area contributed by atoms with Gasteiger partial charge in [0.2, 0.25) is 0 Å². The van der Waals surface area contributed by atoms with Crippen LogP contribution >= 0.6 is 15.9 Å². The van der Waals surface area contributed by atoms with Gasteiger partial charge in [0, 0.05) is 21.6 Å². The Morgan fingerprint density at radius 2 is 1.92 bits per heavy atom. The van der Waals surface area contributed by atoms with Crippen molar-refractivity contribution in [2.75, 3.05) is 0 Å². The van der Waals surface area contributed by atoms with Gasteiger partial charge in [0.25, 0.3) is 5.91 Å². The molecule has 0 saturated heterocycles. The van der Waals surface area contributed by atoms with Crippen LogP contribution in [0.1, 0.15) is 20.9 Å². The Labute approximate surface area is 156 Å². The Bertz CT molecular complexity index is 1160. The molecule has 0 N–H and O–H groups in total. The third-order valence-corrected chi connectivity index (χ3v) is 4.60. The zero-order chi connectivity index (χ0) is 18.3. The van der Waals surface area contributed by atoms with Gasteiger partial charge in [0.15, 0.2) is 12.0 Å². The second-order valence-corrected chi connectivity index (χ2v) is 6.60. The van der Waals surface area contributed by atoms with Gasteiger partial charge in [0.05, 0.1) is 11.1 Å². The third-order valence-electron chi connectivity index (χ3n) is 4.10. The molecule has 0 fully saturated rings. The summed E-state index contributed by atoms with van der Waals surface area (Å²) in [4.78, 5) is 24.1. The summed E-state index contributed by atoms with van der Waals surface area (Å²) in [7, 11) is 0. The van der Waals surface area contributed by atoms with Crippen LogP contribution in [0.4, 0.5) is 4.39 Å². The molecule has 128 valence electrons. The zero-order valence-corrected chi connectivity index (χ0v) is 14.9. The topological polar surface area (TPSA) is 52.2 Å². The molecule has 0 amide bonds. The van der Waals surface area contributed by atoms with E-state index in [1.807, 2.05) is 0 Å². The van der Waals surface area contributed by atoms with E-state index in [1.54, 1.807) is 42.5 Å².